The van der Waals surface area contributed by atoms with Crippen molar-refractivity contribution in [3.8, 4) is 0 Å². The Morgan fingerprint density at radius 2 is 1.12 bits per heavy atom. The van der Waals surface area contributed by atoms with E-state index in [4.69, 9.17) is 0 Å². The molecule has 0 aliphatic rings. The summed E-state index contributed by atoms with van der Waals surface area (Å²) in [6.45, 7) is 1.84. The average molecular weight is 232 g/mol. The van der Waals surface area contributed by atoms with Gasteiger partial charge >= 0.3 is 11.4 Å². The van der Waals surface area contributed by atoms with Crippen LogP contribution >= 0.6 is 0 Å². The van der Waals surface area contributed by atoms with Gasteiger partial charge in [-0.25, -0.2) is 8.78 Å². The van der Waals surface area contributed by atoms with Gasteiger partial charge in [-0.3, -0.25) is 20.2 Å². The fourth-order valence-corrected chi connectivity index (χ4v) is 1.34. The second-order valence-corrected chi connectivity index (χ2v) is 3.09. The van der Waals surface area contributed by atoms with Crippen LogP contribution in [-0.2, 0) is 0 Å². The average Bonchev–Trinajstić information content (AvgIpc) is 2.18. The zero-order valence-corrected chi connectivity index (χ0v) is 8.28. The summed E-state index contributed by atoms with van der Waals surface area (Å²) < 4.78 is 26.3. The molecule has 0 spiro atoms. The largest absolute Gasteiger partial charge is 0.352 e. The maximum absolute atomic E-state index is 13.2. The lowest BCUT2D eigenvalue weighted by molar-refractivity contribution is -0.423. The molecular formula is C8H6F2N2O4. The monoisotopic (exact) mass is 232 g/mol. The third-order valence-corrected chi connectivity index (χ3v) is 2.15. The highest BCUT2D eigenvalue weighted by molar-refractivity contribution is 5.62. The van der Waals surface area contributed by atoms with Gasteiger partial charge in [-0.2, -0.15) is 0 Å². The number of nitro benzene ring substituents is 2. The lowest BCUT2D eigenvalue weighted by Crippen LogP contribution is -2.06. The van der Waals surface area contributed by atoms with Crippen LogP contribution in [0.4, 0.5) is 20.2 Å². The number of hydrogen-bond acceptors (Lipinski definition) is 4. The quantitative estimate of drug-likeness (QED) is 0.578. The summed E-state index contributed by atoms with van der Waals surface area (Å²) in [7, 11) is 0. The molecule has 0 aliphatic heterocycles. The van der Waals surface area contributed by atoms with Crippen LogP contribution in [0.2, 0.25) is 0 Å². The van der Waals surface area contributed by atoms with E-state index in [1.807, 2.05) is 0 Å². The van der Waals surface area contributed by atoms with Gasteiger partial charge < -0.3 is 0 Å². The SMILES string of the molecule is Cc1c(F)c(F)c(C)c([N+](=O)[O-])c1[N+](=O)[O-]. The summed E-state index contributed by atoms with van der Waals surface area (Å²) in [6, 6.07) is 0. The smallest absolute Gasteiger partial charge is 0.258 e. The summed E-state index contributed by atoms with van der Waals surface area (Å²) in [5.41, 5.74) is -3.39. The molecule has 0 bridgehead atoms. The molecule has 0 radical (unpaired) electrons. The Hall–Kier alpha value is -2.12. The molecular weight excluding hydrogens is 226 g/mol. The number of halogens is 2. The number of hydrogen-bond donors (Lipinski definition) is 0. The molecule has 0 atom stereocenters. The minimum absolute atomic E-state index is 0.681. The van der Waals surface area contributed by atoms with Crippen molar-refractivity contribution in [3.63, 3.8) is 0 Å². The minimum atomic E-state index is -1.44. The van der Waals surface area contributed by atoms with Crippen molar-refractivity contribution in [2.75, 3.05) is 0 Å². The summed E-state index contributed by atoms with van der Waals surface area (Å²) in [5, 5.41) is 21.1. The Morgan fingerprint density at radius 3 is 1.31 bits per heavy atom. The highest BCUT2D eigenvalue weighted by atomic mass is 19.2. The first kappa shape index (κ1) is 12.0. The van der Waals surface area contributed by atoms with Crippen molar-refractivity contribution in [2.45, 2.75) is 13.8 Å². The van der Waals surface area contributed by atoms with Crippen molar-refractivity contribution in [1.82, 2.24) is 0 Å². The third kappa shape index (κ3) is 1.58. The number of nitro groups is 2. The summed E-state index contributed by atoms with van der Waals surface area (Å²) in [5.74, 6) is -2.87. The molecule has 0 heterocycles. The van der Waals surface area contributed by atoms with Gasteiger partial charge in [-0.1, -0.05) is 0 Å². The molecule has 0 aliphatic carbocycles. The van der Waals surface area contributed by atoms with Crippen molar-refractivity contribution in [1.29, 1.82) is 0 Å². The number of rotatable bonds is 2. The van der Waals surface area contributed by atoms with Crippen molar-refractivity contribution >= 4 is 11.4 Å². The summed E-state index contributed by atoms with van der Waals surface area (Å²) in [6.07, 6.45) is 0. The van der Waals surface area contributed by atoms with Gasteiger partial charge in [0.05, 0.1) is 21.0 Å². The van der Waals surface area contributed by atoms with Gasteiger partial charge in [-0.05, 0) is 13.8 Å². The zero-order chi connectivity index (χ0) is 12.6. The maximum atomic E-state index is 13.2. The summed E-state index contributed by atoms with van der Waals surface area (Å²) >= 11 is 0. The normalized spacial score (nSPS) is 10.2. The van der Waals surface area contributed by atoms with E-state index >= 15 is 0 Å². The molecule has 16 heavy (non-hydrogen) atoms. The molecule has 1 rings (SSSR count). The number of benzene rings is 1. The van der Waals surface area contributed by atoms with E-state index in [0.717, 1.165) is 13.8 Å². The third-order valence-electron chi connectivity index (χ3n) is 2.15. The minimum Gasteiger partial charge on any atom is -0.258 e. The molecule has 8 heteroatoms. The Kier molecular flexibility index (Phi) is 2.84. The molecule has 86 valence electrons. The molecule has 0 fully saturated rings. The van der Waals surface area contributed by atoms with Crippen LogP contribution in [0.1, 0.15) is 11.1 Å². The van der Waals surface area contributed by atoms with Crippen LogP contribution in [0, 0.1) is 45.7 Å². The van der Waals surface area contributed by atoms with Crippen LogP contribution < -0.4 is 0 Å². The lowest BCUT2D eigenvalue weighted by atomic mass is 10.1. The molecule has 0 saturated carbocycles. The van der Waals surface area contributed by atoms with E-state index in [-0.39, 0.29) is 0 Å². The van der Waals surface area contributed by atoms with E-state index < -0.39 is 44.0 Å². The highest BCUT2D eigenvalue weighted by Gasteiger charge is 2.35. The van der Waals surface area contributed by atoms with Crippen LogP contribution in [0.5, 0.6) is 0 Å². The molecule has 6 nitrogen and oxygen atoms in total. The van der Waals surface area contributed by atoms with Crippen LogP contribution in [0.3, 0.4) is 0 Å². The topological polar surface area (TPSA) is 86.3 Å². The van der Waals surface area contributed by atoms with E-state index in [9.17, 15) is 29.0 Å². The fourth-order valence-electron chi connectivity index (χ4n) is 1.34. The van der Waals surface area contributed by atoms with Gasteiger partial charge in [0.2, 0.25) is 0 Å². The molecule has 0 saturated heterocycles. The van der Waals surface area contributed by atoms with Crippen molar-refractivity contribution < 1.29 is 18.6 Å². The molecule has 0 unspecified atom stereocenters. The zero-order valence-electron chi connectivity index (χ0n) is 8.28. The standard InChI is InChI=1S/C8H6F2N2O4/c1-3-5(9)6(10)4(2)8(12(15)16)7(3)11(13)14/h1-2H3. The first-order chi connectivity index (χ1) is 7.29. The first-order valence-electron chi connectivity index (χ1n) is 4.06. The Morgan fingerprint density at radius 1 is 0.875 bits per heavy atom. The second-order valence-electron chi connectivity index (χ2n) is 3.09. The van der Waals surface area contributed by atoms with E-state index in [0.29, 0.717) is 0 Å². The van der Waals surface area contributed by atoms with Gasteiger partial charge in [0, 0.05) is 0 Å². The Labute approximate surface area is 87.8 Å². The molecule has 0 N–H and O–H groups in total. The van der Waals surface area contributed by atoms with Crippen molar-refractivity contribution in [2.24, 2.45) is 0 Å². The fraction of sp³-hybridized carbons (Fsp3) is 0.250. The molecule has 1 aromatic carbocycles. The van der Waals surface area contributed by atoms with E-state index in [2.05, 4.69) is 0 Å². The van der Waals surface area contributed by atoms with Gasteiger partial charge in [0.1, 0.15) is 0 Å². The molecule has 0 aromatic heterocycles. The van der Waals surface area contributed by atoms with E-state index in [1.165, 1.54) is 0 Å². The van der Waals surface area contributed by atoms with Crippen LogP contribution in [-0.4, -0.2) is 9.85 Å². The lowest BCUT2D eigenvalue weighted by Gasteiger charge is -2.04. The first-order valence-corrected chi connectivity index (χ1v) is 4.06. The van der Waals surface area contributed by atoms with Gasteiger partial charge in [0.15, 0.2) is 11.6 Å². The Bertz CT molecular complexity index is 457. The molecule has 1 aromatic rings. The van der Waals surface area contributed by atoms with Crippen LogP contribution in [0.25, 0.3) is 0 Å². The van der Waals surface area contributed by atoms with Crippen LogP contribution in [0.15, 0.2) is 0 Å². The van der Waals surface area contributed by atoms with Gasteiger partial charge in [0.25, 0.3) is 0 Å². The van der Waals surface area contributed by atoms with E-state index in [1.54, 1.807) is 0 Å². The van der Waals surface area contributed by atoms with Crippen molar-refractivity contribution in [3.05, 3.63) is 43.0 Å². The maximum Gasteiger partial charge on any atom is 0.352 e. The summed E-state index contributed by atoms with van der Waals surface area (Å²) in [4.78, 5) is 19.0. The van der Waals surface area contributed by atoms with Gasteiger partial charge in [-0.15, -0.1) is 0 Å². The number of nitrogens with zero attached hydrogens (tertiary/aromatic N) is 2. The Balaban J connectivity index is 3.83. The second kappa shape index (κ2) is 3.80. The highest BCUT2D eigenvalue weighted by Crippen LogP contribution is 2.37. The predicted molar refractivity (Wildman–Crippen MR) is 49.1 cm³/mol. The molecule has 0 amide bonds. The predicted octanol–water partition coefficient (Wildman–Crippen LogP) is 2.40.